The van der Waals surface area contributed by atoms with Crippen LogP contribution in [0.5, 0.6) is 0 Å². The molecule has 0 radical (unpaired) electrons. The molecular weight excluding hydrogens is 247 g/mol. The average Bonchev–Trinajstić information content (AvgIpc) is 2.15. The van der Waals surface area contributed by atoms with E-state index in [-0.39, 0.29) is 6.07 Å². The molecule has 3 nitrogen and oxygen atoms in total. The van der Waals surface area contributed by atoms with Gasteiger partial charge in [0, 0.05) is 11.3 Å². The molecule has 0 saturated carbocycles. The number of pyridine rings is 1. The Morgan fingerprint density at radius 2 is 2.00 bits per heavy atom. The maximum atomic E-state index is 12.5. The molecule has 92 valence electrons. The number of halogens is 5. The van der Waals surface area contributed by atoms with Crippen molar-refractivity contribution >= 4 is 0 Å². The van der Waals surface area contributed by atoms with Crippen molar-refractivity contribution in [1.29, 1.82) is 5.26 Å². The second kappa shape index (κ2) is 4.53. The number of nitriles is 1. The number of rotatable bonds is 2. The summed E-state index contributed by atoms with van der Waals surface area (Å²) in [6.07, 6.45) is -8.80. The van der Waals surface area contributed by atoms with Gasteiger partial charge in [-0.3, -0.25) is 4.79 Å². The first kappa shape index (κ1) is 13.2. The van der Waals surface area contributed by atoms with E-state index in [2.05, 4.69) is 0 Å². The zero-order chi connectivity index (χ0) is 13.2. The number of nitrogens with zero attached hydrogens (tertiary/aromatic N) is 1. The molecule has 1 aromatic rings. The minimum Gasteiger partial charge on any atom is -0.324 e. The standard InChI is InChI=1S/C9H5F5N2O/c10-7(11)4-3-5(9(12,13)14)8(17)16-6(4)1-2-15/h3,7H,1H2,(H,16,17). The van der Waals surface area contributed by atoms with E-state index in [0.717, 1.165) is 0 Å². The molecule has 0 aromatic carbocycles. The predicted octanol–water partition coefficient (Wildman–Crippen LogP) is 2.40. The van der Waals surface area contributed by atoms with Crippen molar-refractivity contribution in [3.63, 3.8) is 0 Å². The number of hydrogen-bond donors (Lipinski definition) is 1. The number of nitrogens with one attached hydrogen (secondary N) is 1. The second-order valence-electron chi connectivity index (χ2n) is 3.08. The summed E-state index contributed by atoms with van der Waals surface area (Å²) in [7, 11) is 0. The van der Waals surface area contributed by atoms with Crippen LogP contribution < -0.4 is 5.56 Å². The zero-order valence-corrected chi connectivity index (χ0v) is 8.11. The van der Waals surface area contributed by atoms with Crippen LogP contribution in [0, 0.1) is 11.3 Å². The minimum atomic E-state index is -5.01. The lowest BCUT2D eigenvalue weighted by molar-refractivity contribution is -0.138. The highest BCUT2D eigenvalue weighted by molar-refractivity contribution is 5.29. The number of H-pyrrole nitrogens is 1. The van der Waals surface area contributed by atoms with Gasteiger partial charge in [0.05, 0.1) is 12.5 Å². The molecule has 0 bridgehead atoms. The lowest BCUT2D eigenvalue weighted by atomic mass is 10.1. The maximum absolute atomic E-state index is 12.5. The monoisotopic (exact) mass is 252 g/mol. The van der Waals surface area contributed by atoms with Gasteiger partial charge in [-0.15, -0.1) is 0 Å². The molecule has 1 N–H and O–H groups in total. The van der Waals surface area contributed by atoms with Crippen molar-refractivity contribution in [1.82, 2.24) is 4.98 Å². The van der Waals surface area contributed by atoms with Gasteiger partial charge < -0.3 is 4.98 Å². The number of alkyl halides is 5. The summed E-state index contributed by atoms with van der Waals surface area (Å²) < 4.78 is 61.7. The molecule has 8 heteroatoms. The average molecular weight is 252 g/mol. The first-order chi connectivity index (χ1) is 7.77. The van der Waals surface area contributed by atoms with Crippen LogP contribution in [0.25, 0.3) is 0 Å². The van der Waals surface area contributed by atoms with Gasteiger partial charge >= 0.3 is 6.18 Å². The van der Waals surface area contributed by atoms with Crippen LogP contribution in [0.3, 0.4) is 0 Å². The van der Waals surface area contributed by atoms with Crippen LogP contribution in [-0.2, 0) is 12.6 Å². The lowest BCUT2D eigenvalue weighted by Gasteiger charge is -2.10. The van der Waals surface area contributed by atoms with Crippen molar-refractivity contribution in [3.8, 4) is 6.07 Å². The second-order valence-corrected chi connectivity index (χ2v) is 3.08. The van der Waals surface area contributed by atoms with E-state index >= 15 is 0 Å². The van der Waals surface area contributed by atoms with E-state index in [1.807, 2.05) is 0 Å². The summed E-state index contributed by atoms with van der Waals surface area (Å²) in [5.74, 6) is 0. The normalized spacial score (nSPS) is 11.6. The van der Waals surface area contributed by atoms with E-state index in [0.29, 0.717) is 0 Å². The van der Waals surface area contributed by atoms with Crippen LogP contribution in [0.4, 0.5) is 22.0 Å². The van der Waals surface area contributed by atoms with Crippen LogP contribution in [0.1, 0.15) is 23.2 Å². The van der Waals surface area contributed by atoms with Gasteiger partial charge in [0.2, 0.25) is 0 Å². The molecule has 0 aliphatic heterocycles. The van der Waals surface area contributed by atoms with Gasteiger partial charge in [-0.1, -0.05) is 0 Å². The number of aromatic amines is 1. The van der Waals surface area contributed by atoms with E-state index < -0.39 is 41.4 Å². The van der Waals surface area contributed by atoms with E-state index in [4.69, 9.17) is 5.26 Å². The fraction of sp³-hybridized carbons (Fsp3) is 0.333. The largest absolute Gasteiger partial charge is 0.421 e. The first-order valence-corrected chi connectivity index (χ1v) is 4.25. The summed E-state index contributed by atoms with van der Waals surface area (Å²) in [5, 5.41) is 8.31. The molecule has 0 spiro atoms. The van der Waals surface area contributed by atoms with Gasteiger partial charge in [-0.05, 0) is 6.07 Å². The Morgan fingerprint density at radius 1 is 1.41 bits per heavy atom. The smallest absolute Gasteiger partial charge is 0.324 e. The highest BCUT2D eigenvalue weighted by Crippen LogP contribution is 2.30. The highest BCUT2D eigenvalue weighted by atomic mass is 19.4. The Bertz CT molecular complexity index is 512. The predicted molar refractivity (Wildman–Crippen MR) is 46.3 cm³/mol. The first-order valence-electron chi connectivity index (χ1n) is 4.25. The number of aromatic nitrogens is 1. The fourth-order valence-corrected chi connectivity index (χ4v) is 1.22. The third-order valence-electron chi connectivity index (χ3n) is 1.95. The number of hydrogen-bond acceptors (Lipinski definition) is 2. The summed E-state index contributed by atoms with van der Waals surface area (Å²) in [4.78, 5) is 12.7. The summed E-state index contributed by atoms with van der Waals surface area (Å²) in [6, 6.07) is 1.56. The molecule has 0 aliphatic rings. The third kappa shape index (κ3) is 2.81. The summed E-state index contributed by atoms with van der Waals surface area (Å²) in [5.41, 5.74) is -4.72. The Kier molecular flexibility index (Phi) is 3.50. The topological polar surface area (TPSA) is 56.6 Å². The highest BCUT2D eigenvalue weighted by Gasteiger charge is 2.35. The van der Waals surface area contributed by atoms with Gasteiger partial charge in [0.1, 0.15) is 5.56 Å². The zero-order valence-electron chi connectivity index (χ0n) is 8.11. The molecule has 0 amide bonds. The van der Waals surface area contributed by atoms with Crippen LogP contribution in [0.15, 0.2) is 10.9 Å². The van der Waals surface area contributed by atoms with E-state index in [9.17, 15) is 26.7 Å². The third-order valence-corrected chi connectivity index (χ3v) is 1.95. The van der Waals surface area contributed by atoms with Crippen molar-refractivity contribution in [2.45, 2.75) is 19.0 Å². The molecule has 0 fully saturated rings. The van der Waals surface area contributed by atoms with Crippen molar-refractivity contribution in [2.24, 2.45) is 0 Å². The van der Waals surface area contributed by atoms with Crippen molar-refractivity contribution in [3.05, 3.63) is 33.2 Å². The van der Waals surface area contributed by atoms with Gasteiger partial charge in [0.15, 0.2) is 0 Å². The quantitative estimate of drug-likeness (QED) is 0.821. The molecule has 0 aliphatic carbocycles. The van der Waals surface area contributed by atoms with E-state index in [1.165, 1.54) is 6.07 Å². The summed E-state index contributed by atoms with van der Waals surface area (Å²) in [6.45, 7) is 0. The Labute approximate surface area is 91.5 Å². The maximum Gasteiger partial charge on any atom is 0.421 e. The van der Waals surface area contributed by atoms with Crippen molar-refractivity contribution in [2.75, 3.05) is 0 Å². The Hall–Kier alpha value is -1.91. The van der Waals surface area contributed by atoms with E-state index in [1.54, 1.807) is 4.98 Å². The van der Waals surface area contributed by atoms with Crippen LogP contribution >= 0.6 is 0 Å². The van der Waals surface area contributed by atoms with Crippen LogP contribution in [-0.4, -0.2) is 4.98 Å². The van der Waals surface area contributed by atoms with Gasteiger partial charge in [0.25, 0.3) is 12.0 Å². The Balaban J connectivity index is 3.47. The molecule has 1 rings (SSSR count). The Morgan fingerprint density at radius 3 is 2.41 bits per heavy atom. The molecular formula is C9H5F5N2O. The van der Waals surface area contributed by atoms with Crippen molar-refractivity contribution < 1.29 is 22.0 Å². The minimum absolute atomic E-state index is 0.0795. The molecule has 17 heavy (non-hydrogen) atoms. The molecule has 1 heterocycles. The SMILES string of the molecule is N#CCc1[nH]c(=O)c(C(F)(F)F)cc1C(F)F. The van der Waals surface area contributed by atoms with Gasteiger partial charge in [-0.2, -0.15) is 18.4 Å². The molecule has 0 saturated heterocycles. The summed E-state index contributed by atoms with van der Waals surface area (Å²) >= 11 is 0. The molecule has 1 aromatic heterocycles. The molecule has 0 unspecified atom stereocenters. The fourth-order valence-electron chi connectivity index (χ4n) is 1.22. The molecule has 0 atom stereocenters. The van der Waals surface area contributed by atoms with Crippen LogP contribution in [0.2, 0.25) is 0 Å². The van der Waals surface area contributed by atoms with Gasteiger partial charge in [-0.25, -0.2) is 8.78 Å². The lowest BCUT2D eigenvalue weighted by Crippen LogP contribution is -2.24.